The van der Waals surface area contributed by atoms with E-state index in [2.05, 4.69) is 10.3 Å². The van der Waals surface area contributed by atoms with Crippen molar-refractivity contribution >= 4 is 17.2 Å². The zero-order chi connectivity index (χ0) is 10.6. The van der Waals surface area contributed by atoms with Crippen LogP contribution in [0, 0.1) is 24.2 Å². The number of nitrogens with one attached hydrogen (secondary N) is 1. The molecule has 0 saturated heterocycles. The number of nitriles is 1. The van der Waals surface area contributed by atoms with Crippen LogP contribution in [0.3, 0.4) is 0 Å². The average molecular weight is 209 g/mol. The molecule has 1 N–H and O–H groups in total. The normalized spacial score (nSPS) is 11.8. The van der Waals surface area contributed by atoms with Gasteiger partial charge in [-0.15, -0.1) is 11.3 Å². The topological polar surface area (TPSA) is 65.8 Å². The van der Waals surface area contributed by atoms with Crippen molar-refractivity contribution in [3.8, 4) is 6.07 Å². The van der Waals surface area contributed by atoms with E-state index >= 15 is 0 Å². The summed E-state index contributed by atoms with van der Waals surface area (Å²) in [5.41, 5.74) is 0.839. The molecule has 0 aliphatic carbocycles. The minimum absolute atomic E-state index is 0.252. The first-order valence-corrected chi connectivity index (χ1v) is 5.09. The van der Waals surface area contributed by atoms with Crippen LogP contribution in [-0.4, -0.2) is 10.9 Å². The van der Waals surface area contributed by atoms with Gasteiger partial charge in [0.25, 0.3) is 0 Å². The van der Waals surface area contributed by atoms with Crippen LogP contribution in [0.2, 0.25) is 0 Å². The monoisotopic (exact) mass is 209 g/mol. The summed E-state index contributed by atoms with van der Waals surface area (Å²) >= 11 is 1.54. The lowest BCUT2D eigenvalue weighted by atomic mass is 10.2. The molecule has 0 aromatic carbocycles. The van der Waals surface area contributed by atoms with E-state index < -0.39 is 5.92 Å². The SMILES string of the molecule is Cc1nc(CNC(=O)C(C)C#N)cs1. The van der Waals surface area contributed by atoms with Crippen LogP contribution in [0.5, 0.6) is 0 Å². The van der Waals surface area contributed by atoms with Crippen LogP contribution in [-0.2, 0) is 11.3 Å². The van der Waals surface area contributed by atoms with Crippen molar-refractivity contribution in [2.75, 3.05) is 0 Å². The lowest BCUT2D eigenvalue weighted by Gasteiger charge is -2.03. The van der Waals surface area contributed by atoms with Gasteiger partial charge < -0.3 is 5.32 Å². The van der Waals surface area contributed by atoms with E-state index in [0.717, 1.165) is 10.7 Å². The Hall–Kier alpha value is -1.41. The Balaban J connectivity index is 2.42. The van der Waals surface area contributed by atoms with E-state index in [-0.39, 0.29) is 5.91 Å². The van der Waals surface area contributed by atoms with Crippen molar-refractivity contribution in [1.29, 1.82) is 5.26 Å². The van der Waals surface area contributed by atoms with Crippen molar-refractivity contribution in [1.82, 2.24) is 10.3 Å². The highest BCUT2D eigenvalue weighted by Gasteiger charge is 2.10. The average Bonchev–Trinajstić information content (AvgIpc) is 2.59. The number of amides is 1. The lowest BCUT2D eigenvalue weighted by Crippen LogP contribution is -2.27. The molecule has 1 rings (SSSR count). The summed E-state index contributed by atoms with van der Waals surface area (Å²) in [6.07, 6.45) is 0. The minimum atomic E-state index is -0.602. The predicted octanol–water partition coefficient (Wildman–Crippen LogP) is 1.23. The summed E-state index contributed by atoms with van der Waals surface area (Å²) in [6.45, 7) is 3.88. The van der Waals surface area contributed by atoms with Crippen molar-refractivity contribution in [2.24, 2.45) is 5.92 Å². The van der Waals surface area contributed by atoms with E-state index in [1.54, 1.807) is 18.3 Å². The molecule has 4 nitrogen and oxygen atoms in total. The first-order chi connectivity index (χ1) is 6.63. The Bertz CT molecular complexity index is 366. The molecule has 1 heterocycles. The molecular weight excluding hydrogens is 198 g/mol. The fourth-order valence-corrected chi connectivity index (χ4v) is 1.49. The molecule has 14 heavy (non-hydrogen) atoms. The highest BCUT2D eigenvalue weighted by Crippen LogP contribution is 2.07. The van der Waals surface area contributed by atoms with Crippen molar-refractivity contribution in [3.05, 3.63) is 16.1 Å². The van der Waals surface area contributed by atoms with Crippen molar-refractivity contribution in [2.45, 2.75) is 20.4 Å². The van der Waals surface area contributed by atoms with Gasteiger partial charge >= 0.3 is 0 Å². The molecule has 74 valence electrons. The van der Waals surface area contributed by atoms with Crippen LogP contribution in [0.1, 0.15) is 17.6 Å². The molecule has 1 aromatic heterocycles. The largest absolute Gasteiger partial charge is 0.349 e. The Morgan fingerprint density at radius 3 is 3.07 bits per heavy atom. The molecule has 0 aliphatic heterocycles. The zero-order valence-electron chi connectivity index (χ0n) is 8.07. The van der Waals surface area contributed by atoms with Gasteiger partial charge in [-0.2, -0.15) is 5.26 Å². The second-order valence-corrected chi connectivity index (χ2v) is 3.99. The molecule has 1 unspecified atom stereocenters. The Labute approximate surface area is 86.6 Å². The molecule has 0 aliphatic rings. The lowest BCUT2D eigenvalue weighted by molar-refractivity contribution is -0.123. The zero-order valence-corrected chi connectivity index (χ0v) is 8.89. The van der Waals surface area contributed by atoms with Crippen LogP contribution in [0.25, 0.3) is 0 Å². The number of aromatic nitrogens is 1. The highest BCUT2D eigenvalue weighted by molar-refractivity contribution is 7.09. The van der Waals surface area contributed by atoms with E-state index in [1.807, 2.05) is 18.4 Å². The third kappa shape index (κ3) is 2.82. The molecule has 0 spiro atoms. The molecule has 1 atom stereocenters. The summed E-state index contributed by atoms with van der Waals surface area (Å²) in [4.78, 5) is 15.4. The molecule has 0 fully saturated rings. The molecule has 0 bridgehead atoms. The van der Waals surface area contributed by atoms with Gasteiger partial charge in [0.05, 0.1) is 23.3 Å². The first-order valence-electron chi connectivity index (χ1n) is 4.22. The van der Waals surface area contributed by atoms with Crippen LogP contribution in [0.4, 0.5) is 0 Å². The number of aryl methyl sites for hydroxylation is 1. The van der Waals surface area contributed by atoms with Gasteiger partial charge in [-0.25, -0.2) is 4.98 Å². The van der Waals surface area contributed by atoms with Gasteiger partial charge in [-0.3, -0.25) is 4.79 Å². The summed E-state index contributed by atoms with van der Waals surface area (Å²) in [7, 11) is 0. The van der Waals surface area contributed by atoms with E-state index in [1.165, 1.54) is 0 Å². The highest BCUT2D eigenvalue weighted by atomic mass is 32.1. The quantitative estimate of drug-likeness (QED) is 0.814. The molecule has 1 aromatic rings. The molecular formula is C9H11N3OS. The number of nitrogens with zero attached hydrogens (tertiary/aromatic N) is 2. The van der Waals surface area contributed by atoms with E-state index in [4.69, 9.17) is 5.26 Å². The smallest absolute Gasteiger partial charge is 0.237 e. The fraction of sp³-hybridized carbons (Fsp3) is 0.444. The molecule has 0 radical (unpaired) electrons. The number of carbonyl (C=O) groups excluding carboxylic acids is 1. The van der Waals surface area contributed by atoms with Crippen LogP contribution >= 0.6 is 11.3 Å². The van der Waals surface area contributed by atoms with E-state index in [0.29, 0.717) is 6.54 Å². The predicted molar refractivity (Wildman–Crippen MR) is 53.5 cm³/mol. The summed E-state index contributed by atoms with van der Waals surface area (Å²) in [6, 6.07) is 1.88. The minimum Gasteiger partial charge on any atom is -0.349 e. The summed E-state index contributed by atoms with van der Waals surface area (Å²) in [5.74, 6) is -0.854. The van der Waals surface area contributed by atoms with Gasteiger partial charge in [-0.1, -0.05) is 0 Å². The first kappa shape index (κ1) is 10.7. The van der Waals surface area contributed by atoms with E-state index in [9.17, 15) is 4.79 Å². The molecule has 0 saturated carbocycles. The third-order valence-electron chi connectivity index (χ3n) is 1.70. The maximum atomic E-state index is 11.2. The Kier molecular flexibility index (Phi) is 3.60. The summed E-state index contributed by atoms with van der Waals surface area (Å²) in [5, 5.41) is 14.0. The maximum Gasteiger partial charge on any atom is 0.237 e. The third-order valence-corrected chi connectivity index (χ3v) is 2.52. The Morgan fingerprint density at radius 2 is 2.57 bits per heavy atom. The van der Waals surface area contributed by atoms with Crippen LogP contribution in [0.15, 0.2) is 5.38 Å². The van der Waals surface area contributed by atoms with Crippen molar-refractivity contribution < 1.29 is 4.79 Å². The fourth-order valence-electron chi connectivity index (χ4n) is 0.879. The van der Waals surface area contributed by atoms with Gasteiger partial charge in [0.15, 0.2) is 0 Å². The van der Waals surface area contributed by atoms with Gasteiger partial charge in [0, 0.05) is 5.38 Å². The molecule has 5 heteroatoms. The van der Waals surface area contributed by atoms with Gasteiger partial charge in [0.1, 0.15) is 5.92 Å². The number of carbonyl (C=O) groups is 1. The standard InChI is InChI=1S/C9H11N3OS/c1-6(3-10)9(13)11-4-8-5-14-7(2)12-8/h5-6H,4H2,1-2H3,(H,11,13). The number of hydrogen-bond acceptors (Lipinski definition) is 4. The second kappa shape index (κ2) is 4.72. The number of hydrogen-bond donors (Lipinski definition) is 1. The van der Waals surface area contributed by atoms with Crippen molar-refractivity contribution in [3.63, 3.8) is 0 Å². The number of rotatable bonds is 3. The Morgan fingerprint density at radius 1 is 1.86 bits per heavy atom. The number of thiazole rings is 1. The maximum absolute atomic E-state index is 11.2. The van der Waals surface area contributed by atoms with Gasteiger partial charge in [0.2, 0.25) is 5.91 Å². The van der Waals surface area contributed by atoms with Crippen LogP contribution < -0.4 is 5.32 Å². The second-order valence-electron chi connectivity index (χ2n) is 2.93. The summed E-state index contributed by atoms with van der Waals surface area (Å²) < 4.78 is 0. The van der Waals surface area contributed by atoms with Gasteiger partial charge in [-0.05, 0) is 13.8 Å². The molecule has 1 amide bonds.